The lowest BCUT2D eigenvalue weighted by atomic mass is 10.1. The van der Waals surface area contributed by atoms with Crippen LogP contribution in [0.15, 0.2) is 71.2 Å². The van der Waals surface area contributed by atoms with E-state index in [9.17, 15) is 10.1 Å². The summed E-state index contributed by atoms with van der Waals surface area (Å²) >= 11 is 3.35. The number of hydrogen-bond acceptors (Lipinski definition) is 4. The number of carbonyl (C=O) groups is 1. The molecule has 1 heterocycles. The zero-order chi connectivity index (χ0) is 22.7. The van der Waals surface area contributed by atoms with Gasteiger partial charge in [-0.05, 0) is 55.5 Å². The highest BCUT2D eigenvalue weighted by Gasteiger charge is 2.19. The van der Waals surface area contributed by atoms with Crippen LogP contribution >= 0.6 is 15.9 Å². The van der Waals surface area contributed by atoms with Gasteiger partial charge in [0.2, 0.25) is 0 Å². The molecule has 160 valence electrons. The normalized spacial score (nSPS) is 10.6. The second-order valence-electron chi connectivity index (χ2n) is 7.01. The molecule has 3 aromatic carbocycles. The van der Waals surface area contributed by atoms with Crippen LogP contribution in [-0.2, 0) is 6.54 Å². The van der Waals surface area contributed by atoms with E-state index in [1.807, 2.05) is 43.3 Å². The number of benzene rings is 3. The van der Waals surface area contributed by atoms with E-state index >= 15 is 0 Å². The van der Waals surface area contributed by atoms with Crippen molar-refractivity contribution in [3.63, 3.8) is 0 Å². The first kappa shape index (κ1) is 21.5. The fourth-order valence-corrected chi connectivity index (χ4v) is 3.96. The summed E-state index contributed by atoms with van der Waals surface area (Å²) in [5, 5.41) is 13.5. The minimum Gasteiger partial charge on any atom is -0.497 e. The van der Waals surface area contributed by atoms with Gasteiger partial charge in [0.25, 0.3) is 0 Å². The molecule has 0 aliphatic carbocycles. The molecule has 7 heteroatoms. The fraction of sp³-hybridized carbons (Fsp3) is 0.120. The lowest BCUT2D eigenvalue weighted by molar-refractivity contribution is 0.215. The van der Waals surface area contributed by atoms with Gasteiger partial charge in [0, 0.05) is 33.7 Å². The number of nitrogens with zero attached hydrogens (tertiary/aromatic N) is 2. The van der Waals surface area contributed by atoms with Crippen LogP contribution in [0.1, 0.15) is 12.5 Å². The van der Waals surface area contributed by atoms with Gasteiger partial charge in [0.15, 0.2) is 0 Å². The average molecular weight is 490 g/mol. The number of halogens is 1. The van der Waals surface area contributed by atoms with Crippen molar-refractivity contribution >= 4 is 38.6 Å². The van der Waals surface area contributed by atoms with Gasteiger partial charge >= 0.3 is 6.09 Å². The molecule has 0 bridgehead atoms. The quantitative estimate of drug-likeness (QED) is 0.343. The van der Waals surface area contributed by atoms with Crippen LogP contribution in [0.3, 0.4) is 0 Å². The number of hydrogen-bond donors (Lipinski definition) is 1. The number of aryl methyl sites for hydroxylation is 1. The van der Waals surface area contributed by atoms with Crippen molar-refractivity contribution in [1.82, 2.24) is 4.57 Å². The molecular formula is C25H20BrN3O3. The molecule has 1 N–H and O–H groups in total. The summed E-state index contributed by atoms with van der Waals surface area (Å²) in [6, 6.07) is 22.4. The predicted octanol–water partition coefficient (Wildman–Crippen LogP) is 6.58. The Morgan fingerprint density at radius 1 is 1.09 bits per heavy atom. The zero-order valence-corrected chi connectivity index (χ0v) is 19.1. The van der Waals surface area contributed by atoms with Crippen LogP contribution in [0.4, 0.5) is 10.5 Å². The highest BCUT2D eigenvalue weighted by Crippen LogP contribution is 2.36. The Hall–Kier alpha value is -3.76. The number of amides is 1. The molecule has 0 aliphatic rings. The molecule has 4 aromatic rings. The topological polar surface area (TPSA) is 76.3 Å². The van der Waals surface area contributed by atoms with E-state index in [0.29, 0.717) is 23.5 Å². The van der Waals surface area contributed by atoms with E-state index in [-0.39, 0.29) is 0 Å². The van der Waals surface area contributed by atoms with E-state index in [2.05, 4.69) is 31.9 Å². The van der Waals surface area contributed by atoms with Crippen LogP contribution in [-0.4, -0.2) is 17.8 Å². The number of nitriles is 1. The van der Waals surface area contributed by atoms with Crippen molar-refractivity contribution in [2.24, 2.45) is 0 Å². The molecule has 0 saturated heterocycles. The number of ether oxygens (including phenoxy) is 2. The van der Waals surface area contributed by atoms with Gasteiger partial charge in [0.1, 0.15) is 17.6 Å². The third-order valence-electron chi connectivity index (χ3n) is 5.11. The van der Waals surface area contributed by atoms with Crippen LogP contribution < -0.4 is 14.8 Å². The maximum Gasteiger partial charge on any atom is 0.417 e. The molecule has 1 amide bonds. The van der Waals surface area contributed by atoms with E-state index in [4.69, 9.17) is 9.47 Å². The summed E-state index contributed by atoms with van der Waals surface area (Å²) in [5.41, 5.74) is 3.69. The molecule has 32 heavy (non-hydrogen) atoms. The number of aromatic nitrogens is 1. The van der Waals surface area contributed by atoms with Gasteiger partial charge in [-0.2, -0.15) is 5.26 Å². The van der Waals surface area contributed by atoms with Crippen molar-refractivity contribution in [3.05, 3.63) is 76.8 Å². The monoisotopic (exact) mass is 489 g/mol. The Labute approximate surface area is 194 Å². The molecule has 0 saturated carbocycles. The average Bonchev–Trinajstić information content (AvgIpc) is 3.13. The first-order chi connectivity index (χ1) is 15.5. The molecule has 0 spiro atoms. The minimum absolute atomic E-state index is 0.439. The Bertz CT molecular complexity index is 1340. The molecule has 0 fully saturated rings. The Kier molecular flexibility index (Phi) is 6.15. The van der Waals surface area contributed by atoms with E-state index in [0.717, 1.165) is 32.4 Å². The molecule has 0 atom stereocenters. The predicted molar refractivity (Wildman–Crippen MR) is 128 cm³/mol. The largest absolute Gasteiger partial charge is 0.497 e. The van der Waals surface area contributed by atoms with Gasteiger partial charge in [-0.1, -0.05) is 28.1 Å². The van der Waals surface area contributed by atoms with Gasteiger partial charge < -0.3 is 14.0 Å². The maximum absolute atomic E-state index is 12.4. The third-order valence-corrected chi connectivity index (χ3v) is 5.64. The molecule has 4 rings (SSSR count). The second-order valence-corrected chi connectivity index (χ2v) is 7.93. The SMILES string of the molecule is CCn1c(-c2cccc(NC(=O)Oc3ccc(Br)cc3)c2)c(C#N)c2ccc(OC)cc21. The number of anilines is 1. The molecule has 0 radical (unpaired) electrons. The van der Waals surface area contributed by atoms with E-state index in [1.54, 1.807) is 37.4 Å². The number of fused-ring (bicyclic) bond motifs is 1. The van der Waals surface area contributed by atoms with Gasteiger partial charge in [-0.15, -0.1) is 0 Å². The highest BCUT2D eigenvalue weighted by atomic mass is 79.9. The van der Waals surface area contributed by atoms with Crippen molar-refractivity contribution in [2.75, 3.05) is 12.4 Å². The summed E-state index contributed by atoms with van der Waals surface area (Å²) in [7, 11) is 1.62. The van der Waals surface area contributed by atoms with Crippen LogP contribution in [0.5, 0.6) is 11.5 Å². The summed E-state index contributed by atoms with van der Waals surface area (Å²) < 4.78 is 13.7. The third kappa shape index (κ3) is 4.18. The Balaban J connectivity index is 1.69. The minimum atomic E-state index is -0.592. The number of methoxy groups -OCH3 is 1. The highest BCUT2D eigenvalue weighted by molar-refractivity contribution is 9.10. The summed E-state index contributed by atoms with van der Waals surface area (Å²) in [5.74, 6) is 1.17. The zero-order valence-electron chi connectivity index (χ0n) is 17.6. The van der Waals surface area contributed by atoms with Crippen molar-refractivity contribution < 1.29 is 14.3 Å². The van der Waals surface area contributed by atoms with Crippen molar-refractivity contribution in [2.45, 2.75) is 13.5 Å². The molecule has 6 nitrogen and oxygen atoms in total. The summed E-state index contributed by atoms with van der Waals surface area (Å²) in [6.07, 6.45) is -0.592. The first-order valence-electron chi connectivity index (χ1n) is 9.99. The smallest absolute Gasteiger partial charge is 0.417 e. The molecule has 0 aliphatic heterocycles. The molecule has 0 unspecified atom stereocenters. The van der Waals surface area contributed by atoms with E-state index < -0.39 is 6.09 Å². The van der Waals surface area contributed by atoms with E-state index in [1.165, 1.54) is 0 Å². The number of carbonyl (C=O) groups excluding carboxylic acids is 1. The van der Waals surface area contributed by atoms with Gasteiger partial charge in [0.05, 0.1) is 23.9 Å². The van der Waals surface area contributed by atoms with Crippen LogP contribution in [0.2, 0.25) is 0 Å². The number of nitrogens with one attached hydrogen (secondary N) is 1. The first-order valence-corrected chi connectivity index (χ1v) is 10.8. The van der Waals surface area contributed by atoms with Crippen molar-refractivity contribution in [1.29, 1.82) is 5.26 Å². The Morgan fingerprint density at radius 3 is 2.53 bits per heavy atom. The second kappa shape index (κ2) is 9.16. The standard InChI is InChI=1S/C25H20BrN3O3/c1-3-29-23-14-20(31-2)11-12-21(23)22(15-27)24(29)16-5-4-6-18(13-16)28-25(30)32-19-9-7-17(26)8-10-19/h4-14H,3H2,1-2H3,(H,28,30). The lowest BCUT2D eigenvalue weighted by Crippen LogP contribution is -2.16. The van der Waals surface area contributed by atoms with Gasteiger partial charge in [-0.3, -0.25) is 5.32 Å². The molecule has 1 aromatic heterocycles. The van der Waals surface area contributed by atoms with Crippen LogP contribution in [0.25, 0.3) is 22.2 Å². The lowest BCUT2D eigenvalue weighted by Gasteiger charge is -2.11. The Morgan fingerprint density at radius 2 is 1.84 bits per heavy atom. The number of rotatable bonds is 5. The molecular weight excluding hydrogens is 470 g/mol. The van der Waals surface area contributed by atoms with Crippen LogP contribution in [0, 0.1) is 11.3 Å². The summed E-state index contributed by atoms with van der Waals surface area (Å²) in [6.45, 7) is 2.70. The van der Waals surface area contributed by atoms with Gasteiger partial charge in [-0.25, -0.2) is 4.79 Å². The fourth-order valence-electron chi connectivity index (χ4n) is 3.70. The van der Waals surface area contributed by atoms with Crippen molar-refractivity contribution in [3.8, 4) is 28.8 Å². The summed E-state index contributed by atoms with van der Waals surface area (Å²) in [4.78, 5) is 12.4. The maximum atomic E-state index is 12.4.